The van der Waals surface area contributed by atoms with E-state index in [9.17, 15) is 4.79 Å². The number of benzene rings is 1. The topological polar surface area (TPSA) is 82.8 Å². The maximum absolute atomic E-state index is 12.4. The zero-order valence-electron chi connectivity index (χ0n) is 14.5. The largest absolute Gasteiger partial charge is 0.493 e. The van der Waals surface area contributed by atoms with E-state index in [4.69, 9.17) is 19.9 Å². The van der Waals surface area contributed by atoms with Gasteiger partial charge in [-0.2, -0.15) is 0 Å². The van der Waals surface area contributed by atoms with Gasteiger partial charge in [-0.25, -0.2) is 0 Å². The fourth-order valence-electron chi connectivity index (χ4n) is 2.74. The van der Waals surface area contributed by atoms with Crippen LogP contribution in [0.25, 0.3) is 0 Å². The molecule has 0 aromatic heterocycles. The van der Waals surface area contributed by atoms with Crippen LogP contribution in [0.1, 0.15) is 25.3 Å². The average Bonchev–Trinajstić information content (AvgIpc) is 2.55. The van der Waals surface area contributed by atoms with Crippen LogP contribution in [0, 0.1) is 0 Å². The van der Waals surface area contributed by atoms with E-state index in [0.29, 0.717) is 44.0 Å². The minimum absolute atomic E-state index is 0. The van der Waals surface area contributed by atoms with Crippen LogP contribution in [0.15, 0.2) is 18.2 Å². The first-order chi connectivity index (χ1) is 11.0. The normalized spacial score (nSPS) is 17.3. The van der Waals surface area contributed by atoms with Gasteiger partial charge in [-0.3, -0.25) is 4.79 Å². The number of rotatable bonds is 6. The Bertz CT molecular complexity index is 547. The highest BCUT2D eigenvalue weighted by Gasteiger charge is 2.36. The number of hydrogen-bond acceptors (Lipinski definition) is 5. The van der Waals surface area contributed by atoms with Gasteiger partial charge < -0.3 is 25.3 Å². The Morgan fingerprint density at radius 1 is 1.29 bits per heavy atom. The summed E-state index contributed by atoms with van der Waals surface area (Å²) in [4.78, 5) is 12.4. The second-order valence-electron chi connectivity index (χ2n) is 6.04. The molecule has 0 bridgehead atoms. The summed E-state index contributed by atoms with van der Waals surface area (Å²) in [5, 5.41) is 3.01. The minimum atomic E-state index is -0.815. The lowest BCUT2D eigenvalue weighted by Gasteiger charge is -2.33. The molecule has 1 fully saturated rings. The zero-order chi connectivity index (χ0) is 16.9. The Kier molecular flexibility index (Phi) is 7.79. The molecule has 0 radical (unpaired) electrons. The van der Waals surface area contributed by atoms with Crippen LogP contribution in [0.2, 0.25) is 0 Å². The van der Waals surface area contributed by atoms with Crippen molar-refractivity contribution in [2.24, 2.45) is 5.73 Å². The predicted octanol–water partition coefficient (Wildman–Crippen LogP) is 1.68. The molecule has 1 amide bonds. The number of carbonyl (C=O) groups is 1. The van der Waals surface area contributed by atoms with E-state index in [1.54, 1.807) is 14.2 Å². The summed E-state index contributed by atoms with van der Waals surface area (Å²) in [6.07, 6.45) is 1.81. The molecule has 0 spiro atoms. The van der Waals surface area contributed by atoms with E-state index in [1.165, 1.54) is 0 Å². The Morgan fingerprint density at radius 2 is 1.92 bits per heavy atom. The van der Waals surface area contributed by atoms with Crippen LogP contribution in [-0.2, 0) is 16.0 Å². The van der Waals surface area contributed by atoms with Crippen molar-refractivity contribution in [2.75, 3.05) is 27.4 Å². The Hall–Kier alpha value is -1.50. The third-order valence-electron chi connectivity index (χ3n) is 4.20. The van der Waals surface area contributed by atoms with E-state index in [1.807, 2.05) is 25.1 Å². The number of amides is 1. The number of carbonyl (C=O) groups excluding carboxylic acids is 1. The SMILES string of the molecule is COc1ccc(CC(C)NC(=O)C2(N)CCOCC2)cc1OC.Cl. The summed E-state index contributed by atoms with van der Waals surface area (Å²) in [5.41, 5.74) is 6.45. The molecular formula is C17H27ClN2O4. The third-order valence-corrected chi connectivity index (χ3v) is 4.20. The molecule has 1 aromatic rings. The van der Waals surface area contributed by atoms with Crippen molar-refractivity contribution in [3.05, 3.63) is 23.8 Å². The van der Waals surface area contributed by atoms with Crippen molar-refractivity contribution in [1.82, 2.24) is 5.32 Å². The highest BCUT2D eigenvalue weighted by molar-refractivity contribution is 5.86. The van der Waals surface area contributed by atoms with Gasteiger partial charge in [0.15, 0.2) is 11.5 Å². The van der Waals surface area contributed by atoms with Gasteiger partial charge in [0.1, 0.15) is 0 Å². The first kappa shape index (κ1) is 20.5. The molecule has 1 atom stereocenters. The van der Waals surface area contributed by atoms with Gasteiger partial charge in [-0.15, -0.1) is 12.4 Å². The summed E-state index contributed by atoms with van der Waals surface area (Å²) in [6, 6.07) is 5.74. The first-order valence-corrected chi connectivity index (χ1v) is 7.87. The highest BCUT2D eigenvalue weighted by Crippen LogP contribution is 2.28. The van der Waals surface area contributed by atoms with E-state index >= 15 is 0 Å². The molecule has 24 heavy (non-hydrogen) atoms. The number of nitrogens with two attached hydrogens (primary N) is 1. The molecule has 2 rings (SSSR count). The first-order valence-electron chi connectivity index (χ1n) is 7.87. The lowest BCUT2D eigenvalue weighted by Crippen LogP contribution is -2.58. The van der Waals surface area contributed by atoms with Crippen LogP contribution in [0.3, 0.4) is 0 Å². The summed E-state index contributed by atoms with van der Waals surface area (Å²) in [7, 11) is 3.21. The number of halogens is 1. The van der Waals surface area contributed by atoms with Gasteiger partial charge in [0.05, 0.1) is 19.8 Å². The van der Waals surface area contributed by atoms with Crippen LogP contribution in [-0.4, -0.2) is 44.9 Å². The van der Waals surface area contributed by atoms with Crippen LogP contribution < -0.4 is 20.5 Å². The molecular weight excluding hydrogens is 332 g/mol. The molecule has 7 heteroatoms. The number of nitrogens with one attached hydrogen (secondary N) is 1. The average molecular weight is 359 g/mol. The lowest BCUT2D eigenvalue weighted by atomic mass is 9.90. The monoisotopic (exact) mass is 358 g/mol. The van der Waals surface area contributed by atoms with Crippen LogP contribution in [0.4, 0.5) is 0 Å². The van der Waals surface area contributed by atoms with E-state index in [0.717, 1.165) is 5.56 Å². The molecule has 1 heterocycles. The second-order valence-corrected chi connectivity index (χ2v) is 6.04. The molecule has 1 saturated heterocycles. The van der Waals surface area contributed by atoms with E-state index in [2.05, 4.69) is 5.32 Å². The Balaban J connectivity index is 0.00000288. The minimum Gasteiger partial charge on any atom is -0.493 e. The Morgan fingerprint density at radius 3 is 2.50 bits per heavy atom. The van der Waals surface area contributed by atoms with Crippen molar-refractivity contribution < 1.29 is 19.0 Å². The zero-order valence-corrected chi connectivity index (χ0v) is 15.3. The molecule has 3 N–H and O–H groups in total. The standard InChI is InChI=1S/C17H26N2O4.ClH/c1-12(19-16(20)17(18)6-8-23-9-7-17)10-13-4-5-14(21-2)15(11-13)22-3;/h4-5,11-12H,6-10,18H2,1-3H3,(H,19,20);1H. The third kappa shape index (κ3) is 5.00. The van der Waals surface area contributed by atoms with Crippen molar-refractivity contribution in [3.8, 4) is 11.5 Å². The Labute approximate surface area is 149 Å². The number of ether oxygens (including phenoxy) is 3. The van der Waals surface area contributed by atoms with Gasteiger partial charge in [0.25, 0.3) is 0 Å². The number of hydrogen-bond donors (Lipinski definition) is 2. The fourth-order valence-corrected chi connectivity index (χ4v) is 2.74. The van der Waals surface area contributed by atoms with Gasteiger partial charge in [0, 0.05) is 19.3 Å². The fraction of sp³-hybridized carbons (Fsp3) is 0.588. The highest BCUT2D eigenvalue weighted by atomic mass is 35.5. The summed E-state index contributed by atoms with van der Waals surface area (Å²) >= 11 is 0. The molecule has 1 aromatic carbocycles. The smallest absolute Gasteiger partial charge is 0.240 e. The predicted molar refractivity (Wildman–Crippen MR) is 95.1 cm³/mol. The van der Waals surface area contributed by atoms with Gasteiger partial charge in [-0.1, -0.05) is 6.07 Å². The second kappa shape index (κ2) is 9.11. The maximum atomic E-state index is 12.4. The molecule has 1 unspecified atom stereocenters. The molecule has 1 aliphatic heterocycles. The molecule has 6 nitrogen and oxygen atoms in total. The molecule has 0 saturated carbocycles. The lowest BCUT2D eigenvalue weighted by molar-refractivity contribution is -0.130. The maximum Gasteiger partial charge on any atom is 0.240 e. The number of methoxy groups -OCH3 is 2. The molecule has 0 aliphatic carbocycles. The van der Waals surface area contributed by atoms with Crippen molar-refractivity contribution in [1.29, 1.82) is 0 Å². The quantitative estimate of drug-likeness (QED) is 0.808. The van der Waals surface area contributed by atoms with Gasteiger partial charge >= 0.3 is 0 Å². The van der Waals surface area contributed by atoms with Crippen molar-refractivity contribution >= 4 is 18.3 Å². The summed E-state index contributed by atoms with van der Waals surface area (Å²) in [6.45, 7) is 3.04. The summed E-state index contributed by atoms with van der Waals surface area (Å²) < 4.78 is 15.8. The van der Waals surface area contributed by atoms with Crippen LogP contribution in [0.5, 0.6) is 11.5 Å². The van der Waals surface area contributed by atoms with Gasteiger partial charge in [-0.05, 0) is 43.9 Å². The van der Waals surface area contributed by atoms with E-state index < -0.39 is 5.54 Å². The van der Waals surface area contributed by atoms with Gasteiger partial charge in [0.2, 0.25) is 5.91 Å². The summed E-state index contributed by atoms with van der Waals surface area (Å²) in [5.74, 6) is 1.27. The molecule has 136 valence electrons. The molecule has 1 aliphatic rings. The van der Waals surface area contributed by atoms with Crippen LogP contribution >= 0.6 is 12.4 Å². The van der Waals surface area contributed by atoms with E-state index in [-0.39, 0.29) is 24.4 Å². The van der Waals surface area contributed by atoms with Crippen molar-refractivity contribution in [3.63, 3.8) is 0 Å². The van der Waals surface area contributed by atoms with Crippen molar-refractivity contribution in [2.45, 2.75) is 37.8 Å².